The lowest BCUT2D eigenvalue weighted by atomic mass is 10.00. The Hall–Kier alpha value is -3.14. The molecule has 2 amide bonds. The van der Waals surface area contributed by atoms with Crippen LogP contribution in [-0.2, 0) is 12.8 Å². The highest BCUT2D eigenvalue weighted by Gasteiger charge is 2.24. The molecule has 0 aliphatic heterocycles. The highest BCUT2D eigenvalue weighted by Crippen LogP contribution is 2.08. The van der Waals surface area contributed by atoms with E-state index in [0.29, 0.717) is 12.8 Å². The summed E-state index contributed by atoms with van der Waals surface area (Å²) in [5, 5.41) is 46.6. The monoisotopic (exact) mass is 431 g/mol. The zero-order chi connectivity index (χ0) is 22.6. The predicted molar refractivity (Wildman–Crippen MR) is 115 cm³/mol. The van der Waals surface area contributed by atoms with Gasteiger partial charge in [-0.15, -0.1) is 0 Å². The number of aliphatic hydroxyl groups excluding tert-OH is 2. The summed E-state index contributed by atoms with van der Waals surface area (Å²) in [7, 11) is 0. The fraction of sp³-hybridized carbons (Fsp3) is 0.364. The number of carboxylic acid groups (broad SMARTS) is 2. The van der Waals surface area contributed by atoms with Crippen molar-refractivity contribution in [3.05, 3.63) is 71.8 Å². The molecule has 0 fully saturated rings. The summed E-state index contributed by atoms with van der Waals surface area (Å²) < 4.78 is 0. The molecule has 2 rings (SSSR count). The van der Waals surface area contributed by atoms with E-state index in [0.717, 1.165) is 11.1 Å². The van der Waals surface area contributed by atoms with E-state index in [1.807, 2.05) is 60.7 Å². The summed E-state index contributed by atoms with van der Waals surface area (Å²) >= 11 is 0. The van der Waals surface area contributed by atoms with Crippen molar-refractivity contribution >= 4 is 12.2 Å². The first-order chi connectivity index (χ1) is 14.8. The van der Waals surface area contributed by atoms with Crippen LogP contribution in [-0.4, -0.2) is 70.0 Å². The van der Waals surface area contributed by atoms with Crippen LogP contribution < -0.4 is 16.0 Å². The molecule has 31 heavy (non-hydrogen) atoms. The SMILES string of the molecule is O=C(O)NC(Cc1ccccc1)C(O)CNC[C@H](O)[C@H](Cc1ccccc1)NC(=O)O. The van der Waals surface area contributed by atoms with Gasteiger partial charge in [-0.2, -0.15) is 0 Å². The molecule has 0 aliphatic carbocycles. The smallest absolute Gasteiger partial charge is 0.404 e. The fourth-order valence-corrected chi connectivity index (χ4v) is 3.28. The Balaban J connectivity index is 1.90. The third kappa shape index (κ3) is 9.04. The third-order valence-electron chi connectivity index (χ3n) is 4.85. The molecule has 0 saturated carbocycles. The maximum Gasteiger partial charge on any atom is 0.404 e. The molecular formula is C22H29N3O6. The molecule has 0 aromatic heterocycles. The molecular weight excluding hydrogens is 402 g/mol. The zero-order valence-corrected chi connectivity index (χ0v) is 17.0. The zero-order valence-electron chi connectivity index (χ0n) is 17.0. The Kier molecular flexibility index (Phi) is 9.76. The van der Waals surface area contributed by atoms with Crippen LogP contribution in [0.3, 0.4) is 0 Å². The van der Waals surface area contributed by atoms with Crippen LogP contribution in [0.5, 0.6) is 0 Å². The van der Waals surface area contributed by atoms with E-state index < -0.39 is 36.5 Å². The Morgan fingerprint density at radius 1 is 0.677 bits per heavy atom. The average Bonchev–Trinajstić information content (AvgIpc) is 2.73. The first kappa shape index (κ1) is 24.1. The van der Waals surface area contributed by atoms with Gasteiger partial charge in [0.15, 0.2) is 0 Å². The van der Waals surface area contributed by atoms with E-state index in [1.54, 1.807) is 0 Å². The minimum Gasteiger partial charge on any atom is -0.465 e. The molecule has 0 bridgehead atoms. The van der Waals surface area contributed by atoms with Crippen molar-refractivity contribution in [3.63, 3.8) is 0 Å². The van der Waals surface area contributed by atoms with Crippen LogP contribution >= 0.6 is 0 Å². The Labute approximate surface area is 180 Å². The van der Waals surface area contributed by atoms with Crippen LogP contribution in [0.1, 0.15) is 11.1 Å². The minimum atomic E-state index is -1.24. The second-order valence-corrected chi connectivity index (χ2v) is 7.28. The van der Waals surface area contributed by atoms with Crippen molar-refractivity contribution in [2.45, 2.75) is 37.1 Å². The standard InChI is InChI=1S/C22H29N3O6/c26-19(17(24-21(28)29)11-15-7-3-1-4-8-15)13-23-14-20(27)18(25-22(30)31)12-16-9-5-2-6-10-16/h1-10,17-20,23-27H,11-14H2,(H,28,29)(H,30,31)/t17-,18?,19-,20?/m0/s1. The topological polar surface area (TPSA) is 151 Å². The van der Waals surface area contributed by atoms with E-state index in [4.69, 9.17) is 10.2 Å². The van der Waals surface area contributed by atoms with Gasteiger partial charge in [0.05, 0.1) is 24.3 Å². The number of aliphatic hydroxyl groups is 2. The fourth-order valence-electron chi connectivity index (χ4n) is 3.28. The predicted octanol–water partition coefficient (Wildman–Crippen LogP) is 1.06. The van der Waals surface area contributed by atoms with Gasteiger partial charge in [0.2, 0.25) is 0 Å². The molecule has 4 atom stereocenters. The first-order valence-electron chi connectivity index (χ1n) is 9.98. The van der Waals surface area contributed by atoms with Crippen LogP contribution in [0.15, 0.2) is 60.7 Å². The van der Waals surface area contributed by atoms with Gasteiger partial charge in [0, 0.05) is 13.1 Å². The number of hydrogen-bond donors (Lipinski definition) is 7. The summed E-state index contributed by atoms with van der Waals surface area (Å²) in [5.41, 5.74) is 1.74. The quantitative estimate of drug-likeness (QED) is 0.265. The Bertz CT molecular complexity index is 738. The average molecular weight is 431 g/mol. The molecule has 0 spiro atoms. The number of hydrogen-bond acceptors (Lipinski definition) is 5. The number of nitrogens with one attached hydrogen (secondary N) is 3. The van der Waals surface area contributed by atoms with Gasteiger partial charge in [-0.05, 0) is 24.0 Å². The minimum absolute atomic E-state index is 0.0139. The number of carbonyl (C=O) groups is 2. The molecule has 2 unspecified atom stereocenters. The van der Waals surface area contributed by atoms with Gasteiger partial charge in [0.25, 0.3) is 0 Å². The first-order valence-corrected chi connectivity index (χ1v) is 9.98. The van der Waals surface area contributed by atoms with E-state index in [9.17, 15) is 19.8 Å². The van der Waals surface area contributed by atoms with Crippen molar-refractivity contribution in [2.75, 3.05) is 13.1 Å². The number of rotatable bonds is 12. The lowest BCUT2D eigenvalue weighted by Crippen LogP contribution is -2.52. The molecule has 0 radical (unpaired) electrons. The molecule has 9 nitrogen and oxygen atoms in total. The number of amides is 2. The van der Waals surface area contributed by atoms with Gasteiger partial charge >= 0.3 is 12.2 Å². The number of benzene rings is 2. The second kappa shape index (κ2) is 12.5. The van der Waals surface area contributed by atoms with Gasteiger partial charge in [-0.3, -0.25) is 0 Å². The Morgan fingerprint density at radius 3 is 1.35 bits per heavy atom. The second-order valence-electron chi connectivity index (χ2n) is 7.28. The lowest BCUT2D eigenvalue weighted by molar-refractivity contribution is 0.0971. The summed E-state index contributed by atoms with van der Waals surface area (Å²) in [4.78, 5) is 22.2. The van der Waals surface area contributed by atoms with Crippen molar-refractivity contribution in [1.82, 2.24) is 16.0 Å². The molecule has 0 heterocycles. The normalized spacial score (nSPS) is 14.8. The molecule has 0 aliphatic rings. The molecule has 168 valence electrons. The van der Waals surface area contributed by atoms with Gasteiger partial charge < -0.3 is 36.4 Å². The highest BCUT2D eigenvalue weighted by molar-refractivity contribution is 5.65. The third-order valence-corrected chi connectivity index (χ3v) is 4.85. The molecule has 7 N–H and O–H groups in total. The molecule has 2 aromatic carbocycles. The van der Waals surface area contributed by atoms with E-state index in [-0.39, 0.29) is 13.1 Å². The summed E-state index contributed by atoms with van der Waals surface area (Å²) in [5.74, 6) is 0. The molecule has 2 aromatic rings. The maximum atomic E-state index is 11.1. The van der Waals surface area contributed by atoms with Gasteiger partial charge in [-0.25, -0.2) is 9.59 Å². The van der Waals surface area contributed by atoms with Crippen molar-refractivity contribution in [2.24, 2.45) is 0 Å². The summed E-state index contributed by atoms with van der Waals surface area (Å²) in [6.07, 6.45) is -3.99. The highest BCUT2D eigenvalue weighted by atomic mass is 16.4. The van der Waals surface area contributed by atoms with Crippen LogP contribution in [0.2, 0.25) is 0 Å². The lowest BCUT2D eigenvalue weighted by Gasteiger charge is -2.26. The van der Waals surface area contributed by atoms with Crippen LogP contribution in [0.25, 0.3) is 0 Å². The summed E-state index contributed by atoms with van der Waals surface area (Å²) in [6.45, 7) is 0.0277. The maximum absolute atomic E-state index is 11.1. The van der Waals surface area contributed by atoms with Crippen LogP contribution in [0.4, 0.5) is 9.59 Å². The Morgan fingerprint density at radius 2 is 1.03 bits per heavy atom. The van der Waals surface area contributed by atoms with Gasteiger partial charge in [0.1, 0.15) is 0 Å². The molecule has 0 saturated heterocycles. The van der Waals surface area contributed by atoms with E-state index in [2.05, 4.69) is 16.0 Å². The van der Waals surface area contributed by atoms with Crippen molar-refractivity contribution in [3.8, 4) is 0 Å². The van der Waals surface area contributed by atoms with E-state index in [1.165, 1.54) is 0 Å². The van der Waals surface area contributed by atoms with Crippen molar-refractivity contribution < 1.29 is 30.0 Å². The van der Waals surface area contributed by atoms with Crippen molar-refractivity contribution in [1.29, 1.82) is 0 Å². The summed E-state index contributed by atoms with van der Waals surface area (Å²) in [6, 6.07) is 16.9. The van der Waals surface area contributed by atoms with E-state index >= 15 is 0 Å². The largest absolute Gasteiger partial charge is 0.465 e. The van der Waals surface area contributed by atoms with Gasteiger partial charge in [-0.1, -0.05) is 60.7 Å². The molecule has 9 heteroatoms. The van der Waals surface area contributed by atoms with Crippen LogP contribution in [0, 0.1) is 0 Å².